The second-order valence-electron chi connectivity index (χ2n) is 7.49. The first kappa shape index (κ1) is 16.8. The largest absolute Gasteiger partial charge is 0.493 e. The highest BCUT2D eigenvalue weighted by atomic mass is 16.5. The summed E-state index contributed by atoms with van der Waals surface area (Å²) in [4.78, 5) is 17.6. The lowest BCUT2D eigenvalue weighted by atomic mass is 9.87. The molecule has 2 aromatic carbocycles. The van der Waals surface area contributed by atoms with Crippen molar-refractivity contribution in [3.8, 4) is 11.8 Å². The molecule has 1 N–H and O–H groups in total. The highest BCUT2D eigenvalue weighted by Crippen LogP contribution is 2.60. The highest BCUT2D eigenvalue weighted by molar-refractivity contribution is 5.96. The summed E-state index contributed by atoms with van der Waals surface area (Å²) in [7, 11) is 0. The molecule has 2 atom stereocenters. The summed E-state index contributed by atoms with van der Waals surface area (Å²) in [5.41, 5.74) is 3.22. The Balaban J connectivity index is 1.44. The molecule has 0 radical (unpaired) electrons. The quantitative estimate of drug-likeness (QED) is 0.762. The number of amides is 1. The summed E-state index contributed by atoms with van der Waals surface area (Å²) in [6, 6.07) is 15.6. The zero-order valence-electron chi connectivity index (χ0n) is 15.6. The number of aryl methyl sites for hydroxylation is 1. The molecule has 6 nitrogen and oxygen atoms in total. The van der Waals surface area contributed by atoms with Gasteiger partial charge in [-0.2, -0.15) is 5.26 Å². The van der Waals surface area contributed by atoms with Crippen molar-refractivity contribution in [3.05, 3.63) is 53.6 Å². The first-order valence-electron chi connectivity index (χ1n) is 9.60. The van der Waals surface area contributed by atoms with Gasteiger partial charge in [0, 0.05) is 23.4 Å². The molecule has 1 aliphatic carbocycles. The maximum atomic E-state index is 13.1. The number of para-hydroxylation sites is 1. The van der Waals surface area contributed by atoms with E-state index in [2.05, 4.69) is 22.4 Å². The van der Waals surface area contributed by atoms with Crippen LogP contribution in [0.1, 0.15) is 30.9 Å². The molecule has 0 unspecified atom stereocenters. The van der Waals surface area contributed by atoms with Crippen LogP contribution in [0.4, 0.5) is 5.95 Å². The summed E-state index contributed by atoms with van der Waals surface area (Å²) in [5.74, 6) is 1.37. The molecule has 28 heavy (non-hydrogen) atoms. The van der Waals surface area contributed by atoms with Crippen molar-refractivity contribution in [1.82, 2.24) is 9.55 Å². The van der Waals surface area contributed by atoms with Crippen molar-refractivity contribution in [2.75, 3.05) is 11.9 Å². The smallest absolute Gasteiger partial charge is 0.230 e. The number of anilines is 1. The minimum absolute atomic E-state index is 0.00205. The summed E-state index contributed by atoms with van der Waals surface area (Å²) in [6.45, 7) is 3.35. The van der Waals surface area contributed by atoms with E-state index in [4.69, 9.17) is 10.00 Å². The van der Waals surface area contributed by atoms with Crippen molar-refractivity contribution in [1.29, 1.82) is 5.26 Å². The zero-order chi connectivity index (χ0) is 19.3. The van der Waals surface area contributed by atoms with Crippen molar-refractivity contribution < 1.29 is 9.53 Å². The number of ether oxygens (including phenoxy) is 1. The molecule has 1 spiro atoms. The first-order valence-corrected chi connectivity index (χ1v) is 9.60. The summed E-state index contributed by atoms with van der Waals surface area (Å²) >= 11 is 0. The van der Waals surface area contributed by atoms with E-state index in [1.165, 1.54) is 0 Å². The van der Waals surface area contributed by atoms with Gasteiger partial charge in [-0.1, -0.05) is 18.2 Å². The number of carbonyl (C=O) groups is 1. The third kappa shape index (κ3) is 2.40. The van der Waals surface area contributed by atoms with Crippen molar-refractivity contribution in [2.45, 2.75) is 31.7 Å². The minimum Gasteiger partial charge on any atom is -0.493 e. The lowest BCUT2D eigenvalue weighted by molar-refractivity contribution is -0.117. The van der Waals surface area contributed by atoms with Crippen molar-refractivity contribution in [2.24, 2.45) is 5.92 Å². The Morgan fingerprint density at radius 1 is 1.39 bits per heavy atom. The lowest BCUT2D eigenvalue weighted by Gasteiger charge is -2.26. The SMILES string of the molecule is CCn1c(NC(=O)[C@@H]2C[C@]23CCOc2ccccc23)nc2cc(C#N)ccc21. The molecule has 1 amide bonds. The molecular formula is C22H20N4O2. The van der Waals surface area contributed by atoms with Crippen LogP contribution in [-0.4, -0.2) is 22.1 Å². The summed E-state index contributed by atoms with van der Waals surface area (Å²) < 4.78 is 7.74. The maximum absolute atomic E-state index is 13.1. The van der Waals surface area contributed by atoms with Gasteiger partial charge in [-0.25, -0.2) is 4.98 Å². The Labute approximate surface area is 162 Å². The van der Waals surface area contributed by atoms with Gasteiger partial charge in [-0.3, -0.25) is 10.1 Å². The van der Waals surface area contributed by atoms with Gasteiger partial charge in [0.05, 0.1) is 29.3 Å². The van der Waals surface area contributed by atoms with Crippen LogP contribution in [0.25, 0.3) is 11.0 Å². The Morgan fingerprint density at radius 3 is 3.07 bits per heavy atom. The van der Waals surface area contributed by atoms with Gasteiger partial charge >= 0.3 is 0 Å². The van der Waals surface area contributed by atoms with E-state index in [0.717, 1.165) is 35.2 Å². The number of aromatic nitrogens is 2. The van der Waals surface area contributed by atoms with Gasteiger partial charge < -0.3 is 9.30 Å². The topological polar surface area (TPSA) is 79.9 Å². The number of carbonyl (C=O) groups excluding carboxylic acids is 1. The van der Waals surface area contributed by atoms with E-state index in [9.17, 15) is 4.79 Å². The third-order valence-corrected chi connectivity index (χ3v) is 6.05. The van der Waals surface area contributed by atoms with Crippen LogP contribution in [0.5, 0.6) is 5.75 Å². The Kier molecular flexibility index (Phi) is 3.66. The van der Waals surface area contributed by atoms with Crippen LogP contribution >= 0.6 is 0 Å². The fourth-order valence-corrected chi connectivity index (χ4v) is 4.52. The van der Waals surface area contributed by atoms with Crippen molar-refractivity contribution in [3.63, 3.8) is 0 Å². The monoisotopic (exact) mass is 372 g/mol. The van der Waals surface area contributed by atoms with Gasteiger partial charge in [0.15, 0.2) is 0 Å². The van der Waals surface area contributed by atoms with Crippen LogP contribution in [0.3, 0.4) is 0 Å². The second kappa shape index (κ2) is 6.10. The summed E-state index contributed by atoms with van der Waals surface area (Å²) in [6.07, 6.45) is 1.70. The van der Waals surface area contributed by atoms with E-state index in [1.54, 1.807) is 12.1 Å². The number of nitriles is 1. The molecule has 5 rings (SSSR count). The van der Waals surface area contributed by atoms with Crippen LogP contribution in [0.15, 0.2) is 42.5 Å². The standard InChI is InChI=1S/C22H20N4O2/c1-2-26-18-8-7-14(13-23)11-17(18)24-21(26)25-20(27)16-12-22(16)9-10-28-19-6-4-3-5-15(19)22/h3-8,11,16H,2,9-10,12H2,1H3,(H,24,25,27)/t16-,22-/m0/s1. The molecule has 0 bridgehead atoms. The molecule has 6 heteroatoms. The first-order chi connectivity index (χ1) is 13.7. The van der Waals surface area contributed by atoms with E-state index in [-0.39, 0.29) is 17.2 Å². The van der Waals surface area contributed by atoms with Crippen LogP contribution in [0.2, 0.25) is 0 Å². The average molecular weight is 372 g/mol. The minimum atomic E-state index is -0.115. The number of nitrogens with zero attached hydrogens (tertiary/aromatic N) is 3. The molecule has 0 saturated heterocycles. The average Bonchev–Trinajstić information content (AvgIpc) is 3.33. The fourth-order valence-electron chi connectivity index (χ4n) is 4.52. The Bertz CT molecular complexity index is 1140. The fraction of sp³-hybridized carbons (Fsp3) is 0.318. The predicted molar refractivity (Wildman–Crippen MR) is 105 cm³/mol. The van der Waals surface area contributed by atoms with Crippen LogP contribution < -0.4 is 10.1 Å². The molecule has 2 aliphatic rings. The molecule has 1 aliphatic heterocycles. The molecule has 1 saturated carbocycles. The van der Waals surface area contributed by atoms with E-state index < -0.39 is 0 Å². The van der Waals surface area contributed by atoms with Gasteiger partial charge in [0.2, 0.25) is 11.9 Å². The van der Waals surface area contributed by atoms with Gasteiger partial charge in [0.1, 0.15) is 5.75 Å². The Hall–Kier alpha value is -3.33. The number of fused-ring (bicyclic) bond motifs is 3. The van der Waals surface area contributed by atoms with Gasteiger partial charge in [0.25, 0.3) is 0 Å². The molecule has 1 fully saturated rings. The Morgan fingerprint density at radius 2 is 2.25 bits per heavy atom. The number of rotatable bonds is 3. The number of hydrogen-bond acceptors (Lipinski definition) is 4. The number of hydrogen-bond donors (Lipinski definition) is 1. The van der Waals surface area contributed by atoms with E-state index in [0.29, 0.717) is 24.7 Å². The maximum Gasteiger partial charge on any atom is 0.230 e. The van der Waals surface area contributed by atoms with Gasteiger partial charge in [-0.05, 0) is 44.0 Å². The molecule has 2 heterocycles. The number of benzene rings is 2. The second-order valence-corrected chi connectivity index (χ2v) is 7.49. The van der Waals surface area contributed by atoms with Crippen molar-refractivity contribution >= 4 is 22.9 Å². The summed E-state index contributed by atoms with van der Waals surface area (Å²) in [5, 5.41) is 12.2. The van der Waals surface area contributed by atoms with Crippen LogP contribution in [0, 0.1) is 17.2 Å². The van der Waals surface area contributed by atoms with E-state index in [1.807, 2.05) is 35.8 Å². The normalized spacial score (nSPS) is 22.4. The van der Waals surface area contributed by atoms with E-state index >= 15 is 0 Å². The van der Waals surface area contributed by atoms with Gasteiger partial charge in [-0.15, -0.1) is 0 Å². The van der Waals surface area contributed by atoms with Crippen LogP contribution in [-0.2, 0) is 16.8 Å². The number of nitrogens with one attached hydrogen (secondary N) is 1. The highest BCUT2D eigenvalue weighted by Gasteiger charge is 2.61. The molecule has 140 valence electrons. The lowest BCUT2D eigenvalue weighted by Crippen LogP contribution is -2.27. The zero-order valence-corrected chi connectivity index (χ0v) is 15.6. The molecule has 3 aromatic rings. The predicted octanol–water partition coefficient (Wildman–Crippen LogP) is 3.61. The molecule has 1 aromatic heterocycles. The third-order valence-electron chi connectivity index (χ3n) is 6.05. The molecular weight excluding hydrogens is 352 g/mol. The number of imidazole rings is 1.